The average molecular weight is 292 g/mol. The second-order valence-electron chi connectivity index (χ2n) is 5.80. The molecular weight excluding hydrogens is 268 g/mol. The van der Waals surface area contributed by atoms with Crippen molar-refractivity contribution in [1.82, 2.24) is 5.32 Å². The Morgan fingerprint density at radius 1 is 1.24 bits per heavy atom. The first-order valence-corrected chi connectivity index (χ1v) is 7.13. The fraction of sp³-hybridized carbons (Fsp3) is 0.500. The third kappa shape index (κ3) is 5.95. The fourth-order valence-electron chi connectivity index (χ4n) is 2.00. The van der Waals surface area contributed by atoms with Crippen LogP contribution in [-0.4, -0.2) is 29.1 Å². The number of carbonyl (C=O) groups is 2. The average Bonchev–Trinajstić information content (AvgIpc) is 2.39. The molecule has 0 saturated carbocycles. The molecule has 0 heterocycles. The SMILES string of the molecule is Cc1ccc(C[C@@H](NC(=O)[C@@H](O)CC(C)C)C(N)=O)cc1. The van der Waals surface area contributed by atoms with Crippen molar-refractivity contribution in [3.05, 3.63) is 35.4 Å². The molecule has 0 spiro atoms. The van der Waals surface area contributed by atoms with Gasteiger partial charge in [0.15, 0.2) is 0 Å². The maximum absolute atomic E-state index is 11.9. The summed E-state index contributed by atoms with van der Waals surface area (Å²) in [5, 5.41) is 12.3. The van der Waals surface area contributed by atoms with Crippen molar-refractivity contribution < 1.29 is 14.7 Å². The van der Waals surface area contributed by atoms with Gasteiger partial charge in [-0.1, -0.05) is 43.7 Å². The summed E-state index contributed by atoms with van der Waals surface area (Å²) in [5.41, 5.74) is 7.35. The topological polar surface area (TPSA) is 92.4 Å². The third-order valence-corrected chi connectivity index (χ3v) is 3.22. The van der Waals surface area contributed by atoms with Crippen LogP contribution in [0.1, 0.15) is 31.4 Å². The highest BCUT2D eigenvalue weighted by atomic mass is 16.3. The molecule has 0 radical (unpaired) electrons. The molecule has 0 aliphatic carbocycles. The minimum atomic E-state index is -1.12. The molecule has 2 amide bonds. The van der Waals surface area contributed by atoms with Crippen molar-refractivity contribution in [3.63, 3.8) is 0 Å². The van der Waals surface area contributed by atoms with Crippen LogP contribution in [0, 0.1) is 12.8 Å². The lowest BCUT2D eigenvalue weighted by Crippen LogP contribution is -2.49. The van der Waals surface area contributed by atoms with Gasteiger partial charge in [-0.2, -0.15) is 0 Å². The van der Waals surface area contributed by atoms with E-state index in [1.165, 1.54) is 0 Å². The molecule has 0 saturated heterocycles. The van der Waals surface area contributed by atoms with Crippen LogP contribution < -0.4 is 11.1 Å². The van der Waals surface area contributed by atoms with Crippen LogP contribution in [0.15, 0.2) is 24.3 Å². The van der Waals surface area contributed by atoms with Crippen LogP contribution in [0.2, 0.25) is 0 Å². The molecule has 2 atom stereocenters. The zero-order chi connectivity index (χ0) is 16.0. The van der Waals surface area contributed by atoms with E-state index in [0.717, 1.165) is 11.1 Å². The van der Waals surface area contributed by atoms with E-state index in [4.69, 9.17) is 5.73 Å². The number of nitrogens with two attached hydrogens (primary N) is 1. The fourth-order valence-corrected chi connectivity index (χ4v) is 2.00. The Kier molecular flexibility index (Phi) is 6.37. The summed E-state index contributed by atoms with van der Waals surface area (Å²) >= 11 is 0. The summed E-state index contributed by atoms with van der Waals surface area (Å²) in [5.74, 6) is -0.977. The number of amides is 2. The second kappa shape index (κ2) is 7.78. The zero-order valence-electron chi connectivity index (χ0n) is 12.8. The molecule has 0 unspecified atom stereocenters. The lowest BCUT2D eigenvalue weighted by Gasteiger charge is -2.19. The number of rotatable bonds is 7. The largest absolute Gasteiger partial charge is 0.383 e. The van der Waals surface area contributed by atoms with E-state index in [2.05, 4.69) is 5.32 Å². The van der Waals surface area contributed by atoms with Gasteiger partial charge in [-0.15, -0.1) is 0 Å². The van der Waals surface area contributed by atoms with Crippen LogP contribution in [0.4, 0.5) is 0 Å². The number of nitrogens with one attached hydrogen (secondary N) is 1. The van der Waals surface area contributed by atoms with Gasteiger partial charge in [-0.25, -0.2) is 0 Å². The maximum atomic E-state index is 11.9. The molecule has 5 heteroatoms. The molecular formula is C16H24N2O3. The van der Waals surface area contributed by atoms with Crippen LogP contribution in [0.5, 0.6) is 0 Å². The number of carbonyl (C=O) groups excluding carboxylic acids is 2. The maximum Gasteiger partial charge on any atom is 0.249 e. The van der Waals surface area contributed by atoms with Crippen molar-refractivity contribution in [2.75, 3.05) is 0 Å². The van der Waals surface area contributed by atoms with Crippen molar-refractivity contribution >= 4 is 11.8 Å². The Balaban J connectivity index is 2.67. The second-order valence-corrected chi connectivity index (χ2v) is 5.80. The summed E-state index contributed by atoms with van der Waals surface area (Å²) in [6, 6.07) is 6.83. The molecule has 4 N–H and O–H groups in total. The molecule has 116 valence electrons. The van der Waals surface area contributed by atoms with Crippen LogP contribution >= 0.6 is 0 Å². The number of benzene rings is 1. The van der Waals surface area contributed by atoms with Gasteiger partial charge in [0.2, 0.25) is 11.8 Å². The number of aliphatic hydroxyl groups is 1. The Morgan fingerprint density at radius 2 is 1.81 bits per heavy atom. The predicted octanol–water partition coefficient (Wildman–Crippen LogP) is 0.915. The summed E-state index contributed by atoms with van der Waals surface area (Å²) in [6.45, 7) is 5.79. The van der Waals surface area contributed by atoms with Crippen molar-refractivity contribution in [3.8, 4) is 0 Å². The summed E-state index contributed by atoms with van der Waals surface area (Å²) in [6.07, 6.45) is -0.456. The molecule has 0 aliphatic heterocycles. The van der Waals surface area contributed by atoms with Crippen molar-refractivity contribution in [2.45, 2.75) is 45.8 Å². The first kappa shape index (κ1) is 17.2. The smallest absolute Gasteiger partial charge is 0.249 e. The molecule has 1 aromatic rings. The zero-order valence-corrected chi connectivity index (χ0v) is 12.8. The number of primary amides is 1. The Morgan fingerprint density at radius 3 is 2.29 bits per heavy atom. The molecule has 0 aliphatic rings. The Bertz CT molecular complexity index is 483. The number of aryl methyl sites for hydroxylation is 1. The van der Waals surface area contributed by atoms with Crippen LogP contribution in [-0.2, 0) is 16.0 Å². The van der Waals surface area contributed by atoms with Gasteiger partial charge >= 0.3 is 0 Å². The lowest BCUT2D eigenvalue weighted by molar-refractivity contribution is -0.133. The lowest BCUT2D eigenvalue weighted by atomic mass is 10.0. The van der Waals surface area contributed by atoms with Gasteiger partial charge in [-0.3, -0.25) is 9.59 Å². The third-order valence-electron chi connectivity index (χ3n) is 3.22. The van der Waals surface area contributed by atoms with E-state index in [9.17, 15) is 14.7 Å². The molecule has 5 nitrogen and oxygen atoms in total. The highest BCUT2D eigenvalue weighted by Gasteiger charge is 2.23. The van der Waals surface area contributed by atoms with Gasteiger partial charge in [0.05, 0.1) is 0 Å². The number of aliphatic hydroxyl groups excluding tert-OH is 1. The van der Waals surface area contributed by atoms with E-state index < -0.39 is 24.0 Å². The van der Waals surface area contributed by atoms with E-state index in [0.29, 0.717) is 12.8 Å². The van der Waals surface area contributed by atoms with Gasteiger partial charge < -0.3 is 16.2 Å². The minimum absolute atomic E-state index is 0.190. The molecule has 0 fully saturated rings. The molecule has 21 heavy (non-hydrogen) atoms. The van der Waals surface area contributed by atoms with E-state index in [1.54, 1.807) is 0 Å². The normalized spacial score (nSPS) is 13.8. The van der Waals surface area contributed by atoms with E-state index in [1.807, 2.05) is 45.0 Å². The quantitative estimate of drug-likeness (QED) is 0.697. The summed E-state index contributed by atoms with van der Waals surface area (Å²) in [4.78, 5) is 23.3. The van der Waals surface area contributed by atoms with Gasteiger partial charge in [-0.05, 0) is 24.8 Å². The van der Waals surface area contributed by atoms with E-state index >= 15 is 0 Å². The Hall–Kier alpha value is -1.88. The summed E-state index contributed by atoms with van der Waals surface area (Å²) < 4.78 is 0. The highest BCUT2D eigenvalue weighted by molar-refractivity contribution is 5.88. The first-order valence-electron chi connectivity index (χ1n) is 7.13. The molecule has 0 bridgehead atoms. The number of hydrogen-bond acceptors (Lipinski definition) is 3. The van der Waals surface area contributed by atoms with Crippen LogP contribution in [0.25, 0.3) is 0 Å². The molecule has 1 rings (SSSR count). The van der Waals surface area contributed by atoms with Gasteiger partial charge in [0, 0.05) is 6.42 Å². The monoisotopic (exact) mass is 292 g/mol. The Labute approximate surface area is 125 Å². The molecule has 1 aromatic carbocycles. The van der Waals surface area contributed by atoms with Crippen LogP contribution in [0.3, 0.4) is 0 Å². The minimum Gasteiger partial charge on any atom is -0.383 e. The predicted molar refractivity (Wildman–Crippen MR) is 81.5 cm³/mol. The van der Waals surface area contributed by atoms with Crippen molar-refractivity contribution in [2.24, 2.45) is 11.7 Å². The first-order chi connectivity index (χ1) is 9.79. The highest BCUT2D eigenvalue weighted by Crippen LogP contribution is 2.08. The van der Waals surface area contributed by atoms with E-state index in [-0.39, 0.29) is 5.92 Å². The van der Waals surface area contributed by atoms with Crippen molar-refractivity contribution in [1.29, 1.82) is 0 Å². The standard InChI is InChI=1S/C16H24N2O3/c1-10(2)8-14(19)16(21)18-13(15(17)20)9-12-6-4-11(3)5-7-12/h4-7,10,13-14,19H,8-9H2,1-3H3,(H2,17,20)(H,18,21)/t13-,14+/m1/s1. The molecule has 0 aromatic heterocycles. The van der Waals surface area contributed by atoms with Gasteiger partial charge in [0.25, 0.3) is 0 Å². The van der Waals surface area contributed by atoms with Gasteiger partial charge in [0.1, 0.15) is 12.1 Å². The number of hydrogen-bond donors (Lipinski definition) is 3. The summed E-state index contributed by atoms with van der Waals surface area (Å²) in [7, 11) is 0.